The van der Waals surface area contributed by atoms with E-state index in [-0.39, 0.29) is 19.1 Å². The number of hydrogen-bond donors (Lipinski definition) is 2. The molecule has 0 unspecified atom stereocenters. The number of ether oxygens (including phenoxy) is 1. The van der Waals surface area contributed by atoms with Gasteiger partial charge in [0, 0.05) is 18.2 Å². The van der Waals surface area contributed by atoms with Crippen LogP contribution in [0.5, 0.6) is 5.75 Å². The van der Waals surface area contributed by atoms with Gasteiger partial charge in [0.15, 0.2) is 0 Å². The van der Waals surface area contributed by atoms with Crippen LogP contribution in [0.25, 0.3) is 6.08 Å². The summed E-state index contributed by atoms with van der Waals surface area (Å²) in [6.07, 6.45) is 4.08. The molecule has 0 bridgehead atoms. The van der Waals surface area contributed by atoms with E-state index in [1.807, 2.05) is 31.2 Å². The fraction of sp³-hybridized carbons (Fsp3) is 0.357. The molecule has 0 spiro atoms. The van der Waals surface area contributed by atoms with Crippen molar-refractivity contribution in [3.05, 3.63) is 35.9 Å². The van der Waals surface area contributed by atoms with Gasteiger partial charge in [-0.25, -0.2) is 0 Å². The first-order chi connectivity index (χ1) is 8.77. The Balaban J connectivity index is 2.65. The molecule has 98 valence electrons. The first-order valence-electron chi connectivity index (χ1n) is 6.06. The van der Waals surface area contributed by atoms with Crippen LogP contribution in [0.4, 0.5) is 0 Å². The van der Waals surface area contributed by atoms with Gasteiger partial charge in [-0.2, -0.15) is 0 Å². The molecule has 0 radical (unpaired) electrons. The molecular formula is C14H19NO3. The minimum Gasteiger partial charge on any atom is -0.493 e. The van der Waals surface area contributed by atoms with Crippen LogP contribution in [0.2, 0.25) is 0 Å². The van der Waals surface area contributed by atoms with Crippen molar-refractivity contribution in [1.29, 1.82) is 0 Å². The van der Waals surface area contributed by atoms with Crippen LogP contribution >= 0.6 is 0 Å². The normalized spacial score (nSPS) is 10.6. The molecule has 1 aromatic rings. The molecule has 0 aliphatic heterocycles. The van der Waals surface area contributed by atoms with E-state index in [1.165, 1.54) is 6.08 Å². The number of hydrogen-bond acceptors (Lipinski definition) is 3. The molecule has 4 nitrogen and oxygen atoms in total. The highest BCUT2D eigenvalue weighted by Gasteiger charge is 2.00. The maximum absolute atomic E-state index is 11.4. The molecule has 4 heteroatoms. The summed E-state index contributed by atoms with van der Waals surface area (Å²) in [6, 6.07) is 7.56. The molecule has 0 aromatic heterocycles. The first kappa shape index (κ1) is 14.3. The average molecular weight is 249 g/mol. The number of benzene rings is 1. The molecule has 0 atom stereocenters. The number of amides is 1. The summed E-state index contributed by atoms with van der Waals surface area (Å²) in [5.41, 5.74) is 0.866. The van der Waals surface area contributed by atoms with Crippen molar-refractivity contribution >= 4 is 12.0 Å². The van der Waals surface area contributed by atoms with Gasteiger partial charge in [-0.1, -0.05) is 25.1 Å². The fourth-order valence-corrected chi connectivity index (χ4v) is 1.37. The average Bonchev–Trinajstić information content (AvgIpc) is 2.41. The van der Waals surface area contributed by atoms with Gasteiger partial charge in [-0.3, -0.25) is 4.79 Å². The van der Waals surface area contributed by atoms with Crippen molar-refractivity contribution in [3.63, 3.8) is 0 Å². The van der Waals surface area contributed by atoms with Gasteiger partial charge < -0.3 is 15.2 Å². The molecule has 18 heavy (non-hydrogen) atoms. The Kier molecular flexibility index (Phi) is 6.58. The Morgan fingerprint density at radius 2 is 2.22 bits per heavy atom. The zero-order valence-corrected chi connectivity index (χ0v) is 10.6. The standard InChI is InChI=1S/C14H19NO3/c1-2-11-18-13-6-4-3-5-12(13)7-8-14(17)15-9-10-16/h3-8,16H,2,9-11H2,1H3,(H,15,17). The van der Waals surface area contributed by atoms with Crippen LogP contribution in [0, 0.1) is 0 Å². The fourth-order valence-electron chi connectivity index (χ4n) is 1.37. The minimum absolute atomic E-state index is 0.0597. The van der Waals surface area contributed by atoms with Gasteiger partial charge >= 0.3 is 0 Å². The topological polar surface area (TPSA) is 58.6 Å². The number of aliphatic hydroxyl groups is 1. The Labute approximate surface area is 107 Å². The van der Waals surface area contributed by atoms with Gasteiger partial charge in [0.05, 0.1) is 13.2 Å². The second kappa shape index (κ2) is 8.31. The zero-order valence-electron chi connectivity index (χ0n) is 10.6. The summed E-state index contributed by atoms with van der Waals surface area (Å²) < 4.78 is 5.58. The smallest absolute Gasteiger partial charge is 0.244 e. The van der Waals surface area contributed by atoms with Crippen LogP contribution in [0.3, 0.4) is 0 Å². The number of para-hydroxylation sites is 1. The van der Waals surface area contributed by atoms with E-state index in [0.717, 1.165) is 17.7 Å². The second-order valence-electron chi connectivity index (χ2n) is 3.73. The largest absolute Gasteiger partial charge is 0.493 e. The third kappa shape index (κ3) is 5.01. The van der Waals surface area contributed by atoms with Gasteiger partial charge in [-0.15, -0.1) is 0 Å². The summed E-state index contributed by atoms with van der Waals surface area (Å²) in [4.78, 5) is 11.4. The van der Waals surface area contributed by atoms with Crippen LogP contribution in [-0.4, -0.2) is 30.8 Å². The van der Waals surface area contributed by atoms with Crippen molar-refractivity contribution in [2.45, 2.75) is 13.3 Å². The molecule has 2 N–H and O–H groups in total. The Morgan fingerprint density at radius 3 is 2.94 bits per heavy atom. The highest BCUT2D eigenvalue weighted by Crippen LogP contribution is 2.19. The molecule has 0 saturated carbocycles. The lowest BCUT2D eigenvalue weighted by atomic mass is 10.2. The van der Waals surface area contributed by atoms with E-state index in [9.17, 15) is 4.79 Å². The summed E-state index contributed by atoms with van der Waals surface area (Å²) in [6.45, 7) is 2.90. The molecule has 0 aliphatic carbocycles. The predicted octanol–water partition coefficient (Wildman–Crippen LogP) is 1.60. The third-order valence-electron chi connectivity index (χ3n) is 2.21. The number of rotatable bonds is 7. The SMILES string of the molecule is CCCOc1ccccc1C=CC(=O)NCCO. The first-order valence-corrected chi connectivity index (χ1v) is 6.06. The van der Waals surface area contributed by atoms with Crippen LogP contribution in [0.15, 0.2) is 30.3 Å². The number of aliphatic hydroxyl groups excluding tert-OH is 1. The zero-order chi connectivity index (χ0) is 13.2. The van der Waals surface area contributed by atoms with Crippen LogP contribution in [0.1, 0.15) is 18.9 Å². The van der Waals surface area contributed by atoms with Gasteiger partial charge in [0.2, 0.25) is 5.91 Å². The predicted molar refractivity (Wildman–Crippen MR) is 71.4 cm³/mol. The van der Waals surface area contributed by atoms with E-state index in [0.29, 0.717) is 6.61 Å². The number of nitrogens with one attached hydrogen (secondary N) is 1. The highest BCUT2D eigenvalue weighted by atomic mass is 16.5. The van der Waals surface area contributed by atoms with Crippen LogP contribution < -0.4 is 10.1 Å². The molecule has 1 amide bonds. The van der Waals surface area contributed by atoms with Crippen molar-refractivity contribution in [2.24, 2.45) is 0 Å². The van der Waals surface area contributed by atoms with Crippen molar-refractivity contribution in [3.8, 4) is 5.75 Å². The van der Waals surface area contributed by atoms with E-state index >= 15 is 0 Å². The lowest BCUT2D eigenvalue weighted by Gasteiger charge is -2.07. The Morgan fingerprint density at radius 1 is 1.44 bits per heavy atom. The van der Waals surface area contributed by atoms with Gasteiger partial charge in [0.25, 0.3) is 0 Å². The molecule has 0 heterocycles. The van der Waals surface area contributed by atoms with Crippen molar-refractivity contribution < 1.29 is 14.6 Å². The maximum Gasteiger partial charge on any atom is 0.244 e. The minimum atomic E-state index is -0.227. The molecular weight excluding hydrogens is 230 g/mol. The Hall–Kier alpha value is -1.81. The van der Waals surface area contributed by atoms with Gasteiger partial charge in [0.1, 0.15) is 5.75 Å². The molecule has 0 fully saturated rings. The summed E-state index contributed by atoms with van der Waals surface area (Å²) >= 11 is 0. The van der Waals surface area contributed by atoms with E-state index < -0.39 is 0 Å². The van der Waals surface area contributed by atoms with E-state index in [1.54, 1.807) is 6.08 Å². The lowest BCUT2D eigenvalue weighted by Crippen LogP contribution is -2.24. The molecule has 0 saturated heterocycles. The molecule has 0 aliphatic rings. The van der Waals surface area contributed by atoms with Crippen molar-refractivity contribution in [1.82, 2.24) is 5.32 Å². The Bertz CT molecular complexity index is 402. The van der Waals surface area contributed by atoms with Gasteiger partial charge in [-0.05, 0) is 18.6 Å². The monoisotopic (exact) mass is 249 g/mol. The maximum atomic E-state index is 11.4. The summed E-state index contributed by atoms with van der Waals surface area (Å²) in [7, 11) is 0. The van der Waals surface area contributed by atoms with E-state index in [2.05, 4.69) is 5.32 Å². The summed E-state index contributed by atoms with van der Waals surface area (Å²) in [5, 5.41) is 11.1. The second-order valence-corrected chi connectivity index (χ2v) is 3.73. The lowest BCUT2D eigenvalue weighted by molar-refractivity contribution is -0.116. The number of carbonyl (C=O) groups excluding carboxylic acids is 1. The summed E-state index contributed by atoms with van der Waals surface area (Å²) in [5.74, 6) is 0.542. The van der Waals surface area contributed by atoms with Crippen molar-refractivity contribution in [2.75, 3.05) is 19.8 Å². The number of carbonyl (C=O) groups is 1. The molecule has 1 rings (SSSR count). The molecule has 1 aromatic carbocycles. The highest BCUT2D eigenvalue weighted by molar-refractivity contribution is 5.92. The van der Waals surface area contributed by atoms with E-state index in [4.69, 9.17) is 9.84 Å². The quantitative estimate of drug-likeness (QED) is 0.722. The van der Waals surface area contributed by atoms with Crippen LogP contribution in [-0.2, 0) is 4.79 Å². The third-order valence-corrected chi connectivity index (χ3v) is 2.21.